The molecule has 1 aromatic rings. The van der Waals surface area contributed by atoms with Gasteiger partial charge in [-0.25, -0.2) is 5.84 Å². The fourth-order valence-electron chi connectivity index (χ4n) is 0.882. The van der Waals surface area contributed by atoms with Crippen LogP contribution in [0.2, 0.25) is 0 Å². The molecule has 1 rings (SSSR count). The molecule has 0 bridgehead atoms. The van der Waals surface area contributed by atoms with Gasteiger partial charge in [0, 0.05) is 10.5 Å². The second-order valence-electron chi connectivity index (χ2n) is 2.81. The molecule has 0 aromatic carbocycles. The molecular formula is C8H12BrN3S. The molecule has 5 heteroatoms. The van der Waals surface area contributed by atoms with Gasteiger partial charge in [0.1, 0.15) is 0 Å². The van der Waals surface area contributed by atoms with Crippen LogP contribution in [0.1, 0.15) is 18.7 Å². The smallest absolute Gasteiger partial charge is 0.154 e. The number of hydrogen-bond donors (Lipinski definition) is 2. The maximum Gasteiger partial charge on any atom is 0.154 e. The summed E-state index contributed by atoms with van der Waals surface area (Å²) in [7, 11) is 0. The number of amidine groups is 1. The molecule has 0 atom stereocenters. The molecule has 0 unspecified atom stereocenters. The highest BCUT2D eigenvalue weighted by Crippen LogP contribution is 2.22. The van der Waals surface area contributed by atoms with Crippen LogP contribution in [0.3, 0.4) is 0 Å². The van der Waals surface area contributed by atoms with E-state index in [9.17, 15) is 0 Å². The second kappa shape index (κ2) is 4.74. The Hall–Kier alpha value is -0.390. The Bertz CT molecular complexity index is 306. The van der Waals surface area contributed by atoms with Crippen molar-refractivity contribution in [1.82, 2.24) is 5.43 Å². The molecule has 3 N–H and O–H groups in total. The van der Waals surface area contributed by atoms with Gasteiger partial charge in [-0.2, -0.15) is 0 Å². The molecule has 1 aromatic heterocycles. The lowest BCUT2D eigenvalue weighted by molar-refractivity contribution is 0.821. The number of nitrogens with two attached hydrogens (primary N) is 1. The Kier molecular flexibility index (Phi) is 3.90. The zero-order valence-electron chi connectivity index (χ0n) is 7.54. The number of aliphatic imine (C=N–C) groups is 1. The maximum absolute atomic E-state index is 5.39. The summed E-state index contributed by atoms with van der Waals surface area (Å²) in [4.78, 5) is 5.40. The molecule has 72 valence electrons. The summed E-state index contributed by atoms with van der Waals surface area (Å²) in [6, 6.07) is 2.22. The summed E-state index contributed by atoms with van der Waals surface area (Å²) in [5.41, 5.74) is 2.61. The minimum absolute atomic E-state index is 0.236. The Labute approximate surface area is 90.2 Å². The Morgan fingerprint density at radius 3 is 2.77 bits per heavy atom. The van der Waals surface area contributed by atoms with Crippen molar-refractivity contribution in [2.45, 2.75) is 19.9 Å². The molecule has 0 spiro atoms. The van der Waals surface area contributed by atoms with E-state index in [1.54, 1.807) is 11.3 Å². The number of hydrazine groups is 1. The quantitative estimate of drug-likeness (QED) is 0.371. The minimum atomic E-state index is 0.236. The molecule has 0 aliphatic heterocycles. The fraction of sp³-hybridized carbons (Fsp3) is 0.375. The van der Waals surface area contributed by atoms with Gasteiger partial charge in [-0.3, -0.25) is 4.99 Å². The predicted molar refractivity (Wildman–Crippen MR) is 61.0 cm³/mol. The standard InChI is InChI=1S/C8H12BrN3S/c1-5(2)11-8(12-10)7-6(9)3-4-13-7/h3-5H,10H2,1-2H3,(H,11,12). The highest BCUT2D eigenvalue weighted by atomic mass is 79.9. The van der Waals surface area contributed by atoms with E-state index in [1.807, 2.05) is 25.3 Å². The number of halogens is 1. The molecule has 0 amide bonds. The van der Waals surface area contributed by atoms with Crippen LogP contribution in [0.4, 0.5) is 0 Å². The molecule has 0 aliphatic rings. The van der Waals surface area contributed by atoms with Crippen LogP contribution in [0.15, 0.2) is 20.9 Å². The molecule has 13 heavy (non-hydrogen) atoms. The Morgan fingerprint density at radius 1 is 1.69 bits per heavy atom. The monoisotopic (exact) mass is 261 g/mol. The van der Waals surface area contributed by atoms with Crippen molar-refractivity contribution in [3.8, 4) is 0 Å². The highest BCUT2D eigenvalue weighted by Gasteiger charge is 2.08. The molecule has 0 fully saturated rings. The zero-order valence-corrected chi connectivity index (χ0v) is 9.95. The summed E-state index contributed by atoms with van der Waals surface area (Å²) in [5.74, 6) is 6.12. The van der Waals surface area contributed by atoms with Crippen molar-refractivity contribution in [1.29, 1.82) is 0 Å². The average Bonchev–Trinajstić information content (AvgIpc) is 2.47. The van der Waals surface area contributed by atoms with Crippen molar-refractivity contribution in [3.05, 3.63) is 20.8 Å². The van der Waals surface area contributed by atoms with Crippen molar-refractivity contribution in [3.63, 3.8) is 0 Å². The summed E-state index contributed by atoms with van der Waals surface area (Å²) < 4.78 is 1.02. The Morgan fingerprint density at radius 2 is 2.38 bits per heavy atom. The Balaban J connectivity index is 2.97. The first kappa shape index (κ1) is 10.7. The van der Waals surface area contributed by atoms with Crippen molar-refractivity contribution in [2.75, 3.05) is 0 Å². The number of nitrogens with one attached hydrogen (secondary N) is 1. The van der Waals surface area contributed by atoms with E-state index in [0.717, 1.165) is 15.2 Å². The lowest BCUT2D eigenvalue weighted by atomic mass is 10.4. The molecule has 0 saturated carbocycles. The van der Waals surface area contributed by atoms with E-state index < -0.39 is 0 Å². The van der Waals surface area contributed by atoms with Gasteiger partial charge in [0.15, 0.2) is 5.84 Å². The van der Waals surface area contributed by atoms with Gasteiger partial charge in [0.05, 0.1) is 4.88 Å². The third-order valence-electron chi connectivity index (χ3n) is 1.36. The van der Waals surface area contributed by atoms with Crippen LogP contribution in [-0.4, -0.2) is 11.9 Å². The van der Waals surface area contributed by atoms with Crippen LogP contribution >= 0.6 is 27.3 Å². The first-order valence-electron chi connectivity index (χ1n) is 3.93. The lowest BCUT2D eigenvalue weighted by Gasteiger charge is -2.05. The first-order valence-corrected chi connectivity index (χ1v) is 5.60. The summed E-state index contributed by atoms with van der Waals surface area (Å²) >= 11 is 5.04. The SMILES string of the molecule is CC(C)N=C(NN)c1sccc1Br. The number of thiophene rings is 1. The first-order chi connectivity index (χ1) is 6.15. The van der Waals surface area contributed by atoms with E-state index in [-0.39, 0.29) is 6.04 Å². The number of nitrogens with zero attached hydrogens (tertiary/aromatic N) is 1. The number of hydrogen-bond acceptors (Lipinski definition) is 3. The van der Waals surface area contributed by atoms with Crippen molar-refractivity contribution in [2.24, 2.45) is 10.8 Å². The highest BCUT2D eigenvalue weighted by molar-refractivity contribution is 9.10. The summed E-state index contributed by atoms with van der Waals surface area (Å²) in [5, 5.41) is 1.99. The number of rotatable bonds is 2. The summed E-state index contributed by atoms with van der Waals surface area (Å²) in [6.07, 6.45) is 0. The third kappa shape index (κ3) is 2.79. The third-order valence-corrected chi connectivity index (χ3v) is 3.20. The van der Waals surface area contributed by atoms with Gasteiger partial charge in [-0.05, 0) is 41.2 Å². The minimum Gasteiger partial charge on any atom is -0.308 e. The zero-order chi connectivity index (χ0) is 9.84. The lowest BCUT2D eigenvalue weighted by Crippen LogP contribution is -2.31. The topological polar surface area (TPSA) is 50.4 Å². The largest absolute Gasteiger partial charge is 0.308 e. The predicted octanol–water partition coefficient (Wildman–Crippen LogP) is 2.13. The van der Waals surface area contributed by atoms with Crippen LogP contribution in [-0.2, 0) is 0 Å². The van der Waals surface area contributed by atoms with Crippen LogP contribution in [0.25, 0.3) is 0 Å². The van der Waals surface area contributed by atoms with Crippen LogP contribution in [0, 0.1) is 0 Å². The van der Waals surface area contributed by atoms with E-state index in [4.69, 9.17) is 5.84 Å². The van der Waals surface area contributed by atoms with E-state index in [2.05, 4.69) is 26.3 Å². The van der Waals surface area contributed by atoms with E-state index >= 15 is 0 Å². The van der Waals surface area contributed by atoms with Gasteiger partial charge >= 0.3 is 0 Å². The average molecular weight is 262 g/mol. The second-order valence-corrected chi connectivity index (χ2v) is 4.58. The van der Waals surface area contributed by atoms with E-state index in [1.165, 1.54) is 0 Å². The molecule has 3 nitrogen and oxygen atoms in total. The molecule has 1 heterocycles. The van der Waals surface area contributed by atoms with E-state index in [0.29, 0.717) is 0 Å². The van der Waals surface area contributed by atoms with Crippen molar-refractivity contribution < 1.29 is 0 Å². The fourth-order valence-corrected chi connectivity index (χ4v) is 2.40. The van der Waals surface area contributed by atoms with Gasteiger partial charge in [0.2, 0.25) is 0 Å². The normalized spacial score (nSPS) is 12.2. The van der Waals surface area contributed by atoms with Gasteiger partial charge in [-0.1, -0.05) is 0 Å². The molecule has 0 radical (unpaired) electrons. The van der Waals surface area contributed by atoms with Gasteiger partial charge in [-0.15, -0.1) is 11.3 Å². The summed E-state index contributed by atoms with van der Waals surface area (Å²) in [6.45, 7) is 4.03. The van der Waals surface area contributed by atoms with Crippen molar-refractivity contribution >= 4 is 33.1 Å². The van der Waals surface area contributed by atoms with Gasteiger partial charge in [0.25, 0.3) is 0 Å². The molecule has 0 aliphatic carbocycles. The molecule has 0 saturated heterocycles. The molecular weight excluding hydrogens is 250 g/mol. The van der Waals surface area contributed by atoms with Crippen LogP contribution < -0.4 is 11.3 Å². The maximum atomic E-state index is 5.39. The van der Waals surface area contributed by atoms with Crippen LogP contribution in [0.5, 0.6) is 0 Å². The van der Waals surface area contributed by atoms with Gasteiger partial charge < -0.3 is 5.43 Å².